The summed E-state index contributed by atoms with van der Waals surface area (Å²) in [5.41, 5.74) is 0.162. The van der Waals surface area contributed by atoms with Crippen LogP contribution in [0.1, 0.15) is 5.56 Å². The van der Waals surface area contributed by atoms with Crippen LogP contribution in [0.5, 0.6) is 0 Å². The Kier molecular flexibility index (Phi) is 5.11. The molecule has 0 aliphatic heterocycles. The van der Waals surface area contributed by atoms with Crippen LogP contribution in [0, 0.1) is 3.57 Å². The van der Waals surface area contributed by atoms with Gasteiger partial charge >= 0.3 is 24.0 Å². The molecule has 2 nitrogen and oxygen atoms in total. The number of rotatable bonds is 4. The zero-order chi connectivity index (χ0) is 16.5. The van der Waals surface area contributed by atoms with Gasteiger partial charge in [0, 0.05) is 3.57 Å². The van der Waals surface area contributed by atoms with Gasteiger partial charge in [0.2, 0.25) is 0 Å². The first-order valence-electron chi connectivity index (χ1n) is 5.13. The van der Waals surface area contributed by atoms with E-state index in [1.807, 2.05) is 22.6 Å². The van der Waals surface area contributed by atoms with Gasteiger partial charge in [-0.2, -0.15) is 30.7 Å². The van der Waals surface area contributed by atoms with Gasteiger partial charge in [-0.15, -0.1) is 0 Å². The van der Waals surface area contributed by atoms with Crippen LogP contribution in [0.3, 0.4) is 0 Å². The van der Waals surface area contributed by atoms with E-state index < -0.39 is 30.6 Å². The van der Waals surface area contributed by atoms with Crippen LogP contribution in [-0.4, -0.2) is 24.0 Å². The summed E-state index contributed by atoms with van der Waals surface area (Å²) in [7, 11) is 0. The topological polar surface area (TPSA) is 26.3 Å². The van der Waals surface area contributed by atoms with Crippen molar-refractivity contribution in [3.63, 3.8) is 0 Å². The van der Waals surface area contributed by atoms with E-state index in [4.69, 9.17) is 0 Å². The van der Waals surface area contributed by atoms with Crippen LogP contribution in [0.4, 0.5) is 30.7 Å². The lowest BCUT2D eigenvalue weighted by Crippen LogP contribution is -2.56. The van der Waals surface area contributed by atoms with Crippen LogP contribution in [0.25, 0.3) is 0 Å². The highest BCUT2D eigenvalue weighted by atomic mass is 127. The minimum atomic E-state index is -6.57. The highest BCUT2D eigenvalue weighted by molar-refractivity contribution is 14.1. The second-order valence-electron chi connectivity index (χ2n) is 3.85. The van der Waals surface area contributed by atoms with Gasteiger partial charge in [-0.1, -0.05) is 12.1 Å². The van der Waals surface area contributed by atoms with E-state index in [0.29, 0.717) is 0 Å². The molecule has 0 aromatic heterocycles. The molecule has 0 saturated carbocycles. The highest BCUT2D eigenvalue weighted by Crippen LogP contribution is 2.47. The predicted octanol–water partition coefficient (Wildman–Crippen LogP) is 4.17. The lowest BCUT2D eigenvalue weighted by Gasteiger charge is -2.26. The molecule has 0 atom stereocenters. The monoisotopic (exact) mass is 430 g/mol. The molecule has 0 fully saturated rings. The molecule has 1 aromatic carbocycles. The molecule has 118 valence electrons. The predicted molar refractivity (Wildman–Crippen MR) is 64.9 cm³/mol. The molecular weight excluding hydrogens is 424 g/mol. The molecular formula is C11H6F7IO2. The summed E-state index contributed by atoms with van der Waals surface area (Å²) in [6.07, 6.45) is -6.57. The van der Waals surface area contributed by atoms with Crippen molar-refractivity contribution in [3.05, 3.63) is 33.4 Å². The standard InChI is InChI=1S/C11H6F7IO2/c12-9(13,10(14,15)11(16,17)18)8(20)21-5-6-1-3-7(19)4-2-6/h1-4H,5H2. The van der Waals surface area contributed by atoms with Gasteiger partial charge in [0.25, 0.3) is 0 Å². The Morgan fingerprint density at radius 3 is 1.90 bits per heavy atom. The Labute approximate surface area is 127 Å². The average Bonchev–Trinajstić information content (AvgIpc) is 2.36. The molecule has 0 unspecified atom stereocenters. The molecule has 21 heavy (non-hydrogen) atoms. The lowest BCUT2D eigenvalue weighted by molar-refractivity contribution is -0.348. The first-order valence-corrected chi connectivity index (χ1v) is 6.21. The van der Waals surface area contributed by atoms with Crippen molar-refractivity contribution in [2.24, 2.45) is 0 Å². The van der Waals surface area contributed by atoms with Crippen molar-refractivity contribution < 1.29 is 40.3 Å². The van der Waals surface area contributed by atoms with Crippen molar-refractivity contribution in [1.82, 2.24) is 0 Å². The number of halogens is 8. The third-order valence-corrected chi connectivity index (χ3v) is 3.01. The van der Waals surface area contributed by atoms with Gasteiger partial charge in [-0.25, -0.2) is 4.79 Å². The third-order valence-electron chi connectivity index (χ3n) is 2.29. The third kappa shape index (κ3) is 3.77. The Balaban J connectivity index is 2.80. The molecule has 0 aliphatic carbocycles. The van der Waals surface area contributed by atoms with E-state index in [0.717, 1.165) is 3.57 Å². The Hall–Kier alpha value is -1.07. The SMILES string of the molecule is O=C(OCc1ccc(I)cc1)C(F)(F)C(F)(F)C(F)(F)F. The molecule has 1 aromatic rings. The van der Waals surface area contributed by atoms with Crippen molar-refractivity contribution in [2.75, 3.05) is 0 Å². The van der Waals surface area contributed by atoms with Crippen molar-refractivity contribution in [2.45, 2.75) is 24.6 Å². The molecule has 0 bridgehead atoms. The number of alkyl halides is 7. The van der Waals surface area contributed by atoms with E-state index in [9.17, 15) is 35.5 Å². The molecule has 0 N–H and O–H groups in total. The quantitative estimate of drug-likeness (QED) is 0.408. The fraction of sp³-hybridized carbons (Fsp3) is 0.364. The summed E-state index contributed by atoms with van der Waals surface area (Å²) in [5.74, 6) is -15.5. The minimum Gasteiger partial charge on any atom is -0.456 e. The molecule has 0 radical (unpaired) electrons. The number of carbonyl (C=O) groups is 1. The fourth-order valence-electron chi connectivity index (χ4n) is 1.13. The molecule has 0 amide bonds. The van der Waals surface area contributed by atoms with Gasteiger partial charge in [0.05, 0.1) is 0 Å². The van der Waals surface area contributed by atoms with Crippen LogP contribution >= 0.6 is 22.6 Å². The van der Waals surface area contributed by atoms with Gasteiger partial charge in [0.1, 0.15) is 6.61 Å². The van der Waals surface area contributed by atoms with Crippen LogP contribution in [-0.2, 0) is 16.1 Å². The van der Waals surface area contributed by atoms with Crippen molar-refractivity contribution >= 4 is 28.6 Å². The number of benzene rings is 1. The minimum absolute atomic E-state index is 0.162. The first kappa shape index (κ1) is 18.0. The summed E-state index contributed by atoms with van der Waals surface area (Å²) in [4.78, 5) is 10.8. The highest BCUT2D eigenvalue weighted by Gasteiger charge is 2.77. The second-order valence-corrected chi connectivity index (χ2v) is 5.09. The summed E-state index contributed by atoms with van der Waals surface area (Å²) in [6, 6.07) is 5.70. The maximum absolute atomic E-state index is 12.9. The summed E-state index contributed by atoms with van der Waals surface area (Å²) < 4.78 is 91.1. The number of esters is 1. The van der Waals surface area contributed by atoms with Gasteiger partial charge < -0.3 is 4.74 Å². The fourth-order valence-corrected chi connectivity index (χ4v) is 1.49. The number of carbonyl (C=O) groups excluding carboxylic acids is 1. The largest absolute Gasteiger partial charge is 0.460 e. The normalized spacial score (nSPS) is 13.1. The van der Waals surface area contributed by atoms with E-state index in [-0.39, 0.29) is 5.56 Å². The van der Waals surface area contributed by atoms with Crippen LogP contribution < -0.4 is 0 Å². The van der Waals surface area contributed by atoms with Gasteiger partial charge in [-0.3, -0.25) is 0 Å². The summed E-state index contributed by atoms with van der Waals surface area (Å²) in [5, 5.41) is 0. The van der Waals surface area contributed by atoms with E-state index in [1.165, 1.54) is 24.3 Å². The second kappa shape index (κ2) is 5.97. The molecule has 1 rings (SSSR count). The van der Waals surface area contributed by atoms with Crippen molar-refractivity contribution in [1.29, 1.82) is 0 Å². The van der Waals surface area contributed by atoms with Crippen molar-refractivity contribution in [3.8, 4) is 0 Å². The van der Waals surface area contributed by atoms with Crippen LogP contribution in [0.15, 0.2) is 24.3 Å². The molecule has 0 spiro atoms. The first-order chi connectivity index (χ1) is 9.39. The smallest absolute Gasteiger partial charge is 0.456 e. The van der Waals surface area contributed by atoms with Crippen LogP contribution in [0.2, 0.25) is 0 Å². The molecule has 0 aliphatic rings. The zero-order valence-electron chi connectivity index (χ0n) is 9.86. The summed E-state index contributed by atoms with van der Waals surface area (Å²) >= 11 is 1.92. The number of hydrogen-bond donors (Lipinski definition) is 0. The zero-order valence-corrected chi connectivity index (χ0v) is 12.0. The van der Waals surface area contributed by atoms with E-state index in [2.05, 4.69) is 4.74 Å². The lowest BCUT2D eigenvalue weighted by atomic mass is 10.1. The van der Waals surface area contributed by atoms with Gasteiger partial charge in [0.15, 0.2) is 0 Å². The van der Waals surface area contributed by atoms with E-state index >= 15 is 0 Å². The van der Waals surface area contributed by atoms with Gasteiger partial charge in [-0.05, 0) is 40.3 Å². The average molecular weight is 430 g/mol. The number of ether oxygens (including phenoxy) is 1. The Morgan fingerprint density at radius 2 is 1.48 bits per heavy atom. The molecule has 0 saturated heterocycles. The molecule has 0 heterocycles. The summed E-state index contributed by atoms with van der Waals surface area (Å²) in [6.45, 7) is -0.848. The Bertz CT molecular complexity index is 510. The Morgan fingerprint density at radius 1 is 1.00 bits per heavy atom. The maximum atomic E-state index is 12.9. The number of hydrogen-bond acceptors (Lipinski definition) is 2. The molecule has 10 heteroatoms. The maximum Gasteiger partial charge on any atom is 0.460 e. The van der Waals surface area contributed by atoms with E-state index in [1.54, 1.807) is 0 Å².